The first kappa shape index (κ1) is 10.2. The van der Waals surface area contributed by atoms with Crippen LogP contribution in [0.2, 0.25) is 0 Å². The van der Waals surface area contributed by atoms with Gasteiger partial charge in [-0.1, -0.05) is 0 Å². The highest BCUT2D eigenvalue weighted by Gasteiger charge is 2.06. The fourth-order valence-corrected chi connectivity index (χ4v) is 2.08. The van der Waals surface area contributed by atoms with E-state index in [4.69, 9.17) is 10.5 Å². The molecule has 3 nitrogen and oxygen atoms in total. The molecule has 0 heterocycles. The Bertz CT molecular complexity index is 325. The maximum Gasteiger partial charge on any atom is 0.126 e. The molecule has 0 spiro atoms. The van der Waals surface area contributed by atoms with Crippen LogP contribution >= 0.6 is 0 Å². The van der Waals surface area contributed by atoms with Crippen molar-refractivity contribution in [3.63, 3.8) is 0 Å². The maximum atomic E-state index is 11.5. The highest BCUT2D eigenvalue weighted by Crippen LogP contribution is 2.16. The van der Waals surface area contributed by atoms with Crippen molar-refractivity contribution in [2.45, 2.75) is 11.8 Å². The molecule has 0 saturated carbocycles. The summed E-state index contributed by atoms with van der Waals surface area (Å²) in [7, 11) is 0.451. The predicted molar refractivity (Wildman–Crippen MR) is 53.9 cm³/mol. The molecule has 1 unspecified atom stereocenters. The van der Waals surface area contributed by atoms with Crippen LogP contribution in [0.4, 0.5) is 5.69 Å². The van der Waals surface area contributed by atoms with Gasteiger partial charge < -0.3 is 10.5 Å². The zero-order chi connectivity index (χ0) is 9.84. The van der Waals surface area contributed by atoms with Crippen molar-refractivity contribution in [3.05, 3.63) is 23.8 Å². The summed E-state index contributed by atoms with van der Waals surface area (Å²) in [5.41, 5.74) is 7.20. The molecule has 0 aliphatic rings. The van der Waals surface area contributed by atoms with Gasteiger partial charge in [0.2, 0.25) is 0 Å². The zero-order valence-electron chi connectivity index (χ0n) is 7.74. The van der Waals surface area contributed by atoms with Crippen LogP contribution in [0, 0.1) is 6.92 Å². The average molecular weight is 199 g/mol. The third-order valence-corrected chi connectivity index (χ3v) is 3.07. The molecule has 0 bridgehead atoms. The van der Waals surface area contributed by atoms with E-state index in [-0.39, 0.29) is 5.94 Å². The molecule has 0 aromatic heterocycles. The summed E-state index contributed by atoms with van der Waals surface area (Å²) in [6.07, 6.45) is 0. The van der Waals surface area contributed by atoms with Gasteiger partial charge in [0.05, 0.1) is 10.8 Å². The highest BCUT2D eigenvalue weighted by molar-refractivity contribution is 7.84. The van der Waals surface area contributed by atoms with E-state index in [0.29, 0.717) is 5.69 Å². The van der Waals surface area contributed by atoms with E-state index in [1.807, 2.05) is 13.0 Å². The molecule has 0 aliphatic carbocycles. The summed E-state index contributed by atoms with van der Waals surface area (Å²) < 4.78 is 16.3. The van der Waals surface area contributed by atoms with E-state index in [1.54, 1.807) is 12.1 Å². The first-order valence-electron chi connectivity index (χ1n) is 3.88. The van der Waals surface area contributed by atoms with Gasteiger partial charge in [-0.2, -0.15) is 0 Å². The lowest BCUT2D eigenvalue weighted by Crippen LogP contribution is -2.02. The summed E-state index contributed by atoms with van der Waals surface area (Å²) in [6, 6.07) is 5.33. The number of aryl methyl sites for hydroxylation is 1. The number of nitrogens with two attached hydrogens (primary N) is 1. The topological polar surface area (TPSA) is 52.3 Å². The van der Waals surface area contributed by atoms with Crippen molar-refractivity contribution >= 4 is 16.5 Å². The third-order valence-electron chi connectivity index (χ3n) is 1.67. The largest absolute Gasteiger partial charge is 0.399 e. The van der Waals surface area contributed by atoms with Crippen molar-refractivity contribution in [1.82, 2.24) is 0 Å². The Morgan fingerprint density at radius 1 is 1.54 bits per heavy atom. The standard InChI is InChI=1S/C9H13NO2S/c1-7-5-8(10)3-4-9(7)13(11)6-12-2/h3-5H,6,10H2,1-2H3. The molecular weight excluding hydrogens is 186 g/mol. The predicted octanol–water partition coefficient (Wildman–Crippen LogP) is 1.29. The summed E-state index contributed by atoms with van der Waals surface area (Å²) in [4.78, 5) is 0.788. The van der Waals surface area contributed by atoms with E-state index in [9.17, 15) is 4.21 Å². The van der Waals surface area contributed by atoms with Crippen molar-refractivity contribution < 1.29 is 8.95 Å². The molecule has 0 radical (unpaired) electrons. The number of benzene rings is 1. The van der Waals surface area contributed by atoms with Crippen LogP contribution in [0.1, 0.15) is 5.56 Å². The first-order chi connectivity index (χ1) is 6.15. The van der Waals surface area contributed by atoms with Gasteiger partial charge in [0, 0.05) is 17.7 Å². The van der Waals surface area contributed by atoms with Crippen molar-refractivity contribution in [3.8, 4) is 0 Å². The van der Waals surface area contributed by atoms with Crippen LogP contribution in [0.25, 0.3) is 0 Å². The average Bonchev–Trinajstić information content (AvgIpc) is 2.04. The smallest absolute Gasteiger partial charge is 0.126 e. The third kappa shape index (κ3) is 2.54. The second kappa shape index (κ2) is 4.39. The van der Waals surface area contributed by atoms with Gasteiger partial charge in [-0.15, -0.1) is 0 Å². The van der Waals surface area contributed by atoms with Crippen LogP contribution < -0.4 is 5.73 Å². The number of nitrogen functional groups attached to an aromatic ring is 1. The second-order valence-corrected chi connectivity index (χ2v) is 4.14. The number of hydrogen-bond acceptors (Lipinski definition) is 3. The fourth-order valence-electron chi connectivity index (χ4n) is 1.10. The van der Waals surface area contributed by atoms with Gasteiger partial charge in [-0.3, -0.25) is 4.21 Å². The Labute approximate surface area is 80.4 Å². The van der Waals surface area contributed by atoms with Gasteiger partial charge >= 0.3 is 0 Å². The molecule has 1 rings (SSSR count). The maximum absolute atomic E-state index is 11.5. The fraction of sp³-hybridized carbons (Fsp3) is 0.333. The Morgan fingerprint density at radius 3 is 2.77 bits per heavy atom. The summed E-state index contributed by atoms with van der Waals surface area (Å²) >= 11 is 0. The lowest BCUT2D eigenvalue weighted by molar-refractivity contribution is 0.254. The van der Waals surface area contributed by atoms with E-state index in [0.717, 1.165) is 10.5 Å². The Morgan fingerprint density at radius 2 is 2.23 bits per heavy atom. The number of rotatable bonds is 3. The minimum Gasteiger partial charge on any atom is -0.399 e. The molecule has 0 amide bonds. The molecule has 0 fully saturated rings. The molecule has 1 aromatic carbocycles. The minimum atomic E-state index is -1.08. The van der Waals surface area contributed by atoms with E-state index in [2.05, 4.69) is 0 Å². The van der Waals surface area contributed by atoms with E-state index >= 15 is 0 Å². The molecule has 13 heavy (non-hydrogen) atoms. The van der Waals surface area contributed by atoms with E-state index < -0.39 is 10.8 Å². The molecular formula is C9H13NO2S. The summed E-state index contributed by atoms with van der Waals surface area (Å²) in [6.45, 7) is 1.89. The quantitative estimate of drug-likeness (QED) is 0.746. The molecule has 72 valence electrons. The number of anilines is 1. The lowest BCUT2D eigenvalue weighted by Gasteiger charge is -2.05. The Hall–Kier alpha value is -0.870. The molecule has 2 N–H and O–H groups in total. The van der Waals surface area contributed by atoms with Gasteiger partial charge in [0.25, 0.3) is 0 Å². The second-order valence-electron chi connectivity index (χ2n) is 2.78. The van der Waals surface area contributed by atoms with Gasteiger partial charge in [0.15, 0.2) is 0 Å². The van der Waals surface area contributed by atoms with Crippen molar-refractivity contribution in [2.75, 3.05) is 18.8 Å². The lowest BCUT2D eigenvalue weighted by atomic mass is 10.2. The molecule has 0 aliphatic heterocycles. The normalized spacial score (nSPS) is 12.8. The highest BCUT2D eigenvalue weighted by atomic mass is 32.2. The van der Waals surface area contributed by atoms with Gasteiger partial charge in [0.1, 0.15) is 5.94 Å². The van der Waals surface area contributed by atoms with Crippen LogP contribution in [0.5, 0.6) is 0 Å². The van der Waals surface area contributed by atoms with E-state index in [1.165, 1.54) is 7.11 Å². The number of ether oxygens (including phenoxy) is 1. The van der Waals surface area contributed by atoms with Crippen LogP contribution in [-0.4, -0.2) is 17.3 Å². The van der Waals surface area contributed by atoms with Crippen molar-refractivity contribution in [1.29, 1.82) is 0 Å². The van der Waals surface area contributed by atoms with Gasteiger partial charge in [-0.05, 0) is 30.7 Å². The Balaban J connectivity index is 2.95. The molecule has 0 saturated heterocycles. The monoisotopic (exact) mass is 199 g/mol. The summed E-state index contributed by atoms with van der Waals surface area (Å²) in [5, 5.41) is 0. The minimum absolute atomic E-state index is 0.227. The van der Waals surface area contributed by atoms with Crippen LogP contribution in [0.3, 0.4) is 0 Å². The first-order valence-corrected chi connectivity index (χ1v) is 5.20. The van der Waals surface area contributed by atoms with Crippen LogP contribution in [-0.2, 0) is 15.5 Å². The zero-order valence-corrected chi connectivity index (χ0v) is 8.56. The number of hydrogen-bond donors (Lipinski definition) is 1. The van der Waals surface area contributed by atoms with Gasteiger partial charge in [-0.25, -0.2) is 0 Å². The summed E-state index contributed by atoms with van der Waals surface area (Å²) in [5.74, 6) is 0.227. The molecule has 1 aromatic rings. The molecule has 4 heteroatoms. The molecule has 1 atom stereocenters. The van der Waals surface area contributed by atoms with Crippen LogP contribution in [0.15, 0.2) is 23.1 Å². The van der Waals surface area contributed by atoms with Crippen molar-refractivity contribution in [2.24, 2.45) is 0 Å². The number of methoxy groups -OCH3 is 1. The SMILES string of the molecule is COCS(=O)c1ccc(N)cc1C. The Kier molecular flexibility index (Phi) is 3.45.